The molecule has 2 aliphatic rings. The van der Waals surface area contributed by atoms with Crippen LogP contribution in [0.4, 0.5) is 0 Å². The van der Waals surface area contributed by atoms with Crippen LogP contribution in [0.25, 0.3) is 11.4 Å². The van der Waals surface area contributed by atoms with Crippen molar-refractivity contribution in [2.24, 2.45) is 0 Å². The largest absolute Gasteiger partial charge is 0.505 e. The molecular formula is C25H28N4O5. The average Bonchev–Trinajstić information content (AvgIpc) is 3.47. The highest BCUT2D eigenvalue weighted by atomic mass is 16.5. The molecule has 0 spiro atoms. The number of pyridine rings is 1. The third kappa shape index (κ3) is 3.70. The molecule has 0 unspecified atom stereocenters. The number of carbonyl (C=O) groups is 2. The predicted octanol–water partition coefficient (Wildman–Crippen LogP) is 2.61. The first-order chi connectivity index (χ1) is 16.4. The molecule has 2 saturated heterocycles. The molecule has 1 amide bonds. The van der Waals surface area contributed by atoms with Crippen LogP contribution < -0.4 is 0 Å². The van der Waals surface area contributed by atoms with E-state index in [1.54, 1.807) is 36.6 Å². The molecule has 3 aromatic heterocycles. The fourth-order valence-electron chi connectivity index (χ4n) is 4.81. The van der Waals surface area contributed by atoms with Gasteiger partial charge in [0.25, 0.3) is 11.7 Å². The number of aryl methyl sites for hydroxylation is 3. The second kappa shape index (κ2) is 8.73. The molecule has 0 radical (unpaired) electrons. The van der Waals surface area contributed by atoms with Gasteiger partial charge in [-0.25, -0.2) is 4.98 Å². The second-order valence-electron chi connectivity index (χ2n) is 8.83. The summed E-state index contributed by atoms with van der Waals surface area (Å²) in [6, 6.07) is 6.52. The zero-order chi connectivity index (χ0) is 24.0. The molecule has 9 nitrogen and oxygen atoms in total. The van der Waals surface area contributed by atoms with E-state index in [-0.39, 0.29) is 11.3 Å². The van der Waals surface area contributed by atoms with Gasteiger partial charge in [0.05, 0.1) is 24.5 Å². The summed E-state index contributed by atoms with van der Waals surface area (Å²) in [5, 5.41) is 11.5. The summed E-state index contributed by atoms with van der Waals surface area (Å²) in [6.07, 6.45) is 1.79. The van der Waals surface area contributed by atoms with Crippen molar-refractivity contribution in [2.45, 2.75) is 26.8 Å². The highest BCUT2D eigenvalue weighted by Crippen LogP contribution is 2.40. The molecule has 9 heteroatoms. The van der Waals surface area contributed by atoms with Crippen molar-refractivity contribution < 1.29 is 23.8 Å². The number of furan rings is 1. The number of likely N-dealkylation sites (tertiary alicyclic amines) is 1. The molecule has 5 rings (SSSR count). The number of aliphatic hydroxyl groups is 1. The Bertz CT molecular complexity index is 1300. The first-order valence-electron chi connectivity index (χ1n) is 11.5. The number of aliphatic hydroxyl groups excluding tert-OH is 1. The lowest BCUT2D eigenvalue weighted by molar-refractivity contribution is -0.140. The Balaban J connectivity index is 1.61. The molecule has 178 valence electrons. The van der Waals surface area contributed by atoms with E-state index in [1.165, 1.54) is 4.90 Å². The van der Waals surface area contributed by atoms with Gasteiger partial charge in [0.1, 0.15) is 28.9 Å². The molecular weight excluding hydrogens is 436 g/mol. The minimum absolute atomic E-state index is 0.0210. The lowest BCUT2D eigenvalue weighted by Gasteiger charge is -2.30. The molecule has 1 N–H and O–H groups in total. The standard InChI is InChI=1S/C25H28N4O5/c1-15-5-4-8-28-20(17(3)26-24(15)28)22(30)19-21(18-7-6-16(2)34-18)29(25(32)23(19)31)10-9-27-11-13-33-14-12-27/h4-8,21,30H,9-14H2,1-3H3/t21-/m0/s1. The number of fused-ring (bicyclic) bond motifs is 1. The average molecular weight is 465 g/mol. The van der Waals surface area contributed by atoms with Gasteiger partial charge in [0.2, 0.25) is 0 Å². The van der Waals surface area contributed by atoms with Gasteiger partial charge < -0.3 is 19.2 Å². The van der Waals surface area contributed by atoms with E-state index in [4.69, 9.17) is 9.15 Å². The predicted molar refractivity (Wildman–Crippen MR) is 124 cm³/mol. The third-order valence-electron chi connectivity index (χ3n) is 6.58. The summed E-state index contributed by atoms with van der Waals surface area (Å²) in [5.74, 6) is -0.503. The molecule has 0 saturated carbocycles. The summed E-state index contributed by atoms with van der Waals surface area (Å²) in [4.78, 5) is 34.8. The number of morpholine rings is 1. The van der Waals surface area contributed by atoms with Crippen LogP contribution in [0.5, 0.6) is 0 Å². The number of ketones is 1. The Morgan fingerprint density at radius 1 is 1.12 bits per heavy atom. The van der Waals surface area contributed by atoms with Crippen molar-refractivity contribution in [3.05, 3.63) is 64.5 Å². The van der Waals surface area contributed by atoms with Gasteiger partial charge in [-0.2, -0.15) is 0 Å². The minimum Gasteiger partial charge on any atom is -0.505 e. The van der Waals surface area contributed by atoms with Crippen LogP contribution in [0.3, 0.4) is 0 Å². The van der Waals surface area contributed by atoms with E-state index in [2.05, 4.69) is 9.88 Å². The van der Waals surface area contributed by atoms with Crippen LogP contribution >= 0.6 is 0 Å². The van der Waals surface area contributed by atoms with E-state index in [9.17, 15) is 14.7 Å². The van der Waals surface area contributed by atoms with E-state index in [1.807, 2.05) is 19.1 Å². The van der Waals surface area contributed by atoms with E-state index < -0.39 is 17.7 Å². The van der Waals surface area contributed by atoms with Gasteiger partial charge in [0.15, 0.2) is 5.76 Å². The molecule has 3 aromatic rings. The monoisotopic (exact) mass is 464 g/mol. The number of aromatic nitrogens is 2. The Kier molecular flexibility index (Phi) is 5.75. The van der Waals surface area contributed by atoms with E-state index in [0.29, 0.717) is 54.9 Å². The van der Waals surface area contributed by atoms with Gasteiger partial charge in [-0.15, -0.1) is 0 Å². The molecule has 2 aliphatic heterocycles. The van der Waals surface area contributed by atoms with Crippen molar-refractivity contribution >= 4 is 23.1 Å². The number of ether oxygens (including phenoxy) is 1. The molecule has 1 atom stereocenters. The summed E-state index contributed by atoms with van der Waals surface area (Å²) < 4.78 is 13.0. The highest BCUT2D eigenvalue weighted by Gasteiger charge is 2.48. The van der Waals surface area contributed by atoms with Crippen LogP contribution in [-0.2, 0) is 14.3 Å². The molecule has 34 heavy (non-hydrogen) atoms. The summed E-state index contributed by atoms with van der Waals surface area (Å²) in [5.41, 5.74) is 2.62. The van der Waals surface area contributed by atoms with Crippen molar-refractivity contribution in [1.29, 1.82) is 0 Å². The van der Waals surface area contributed by atoms with Crippen LogP contribution in [0.1, 0.15) is 34.5 Å². The normalized spacial score (nSPS) is 21.1. The molecule has 0 aliphatic carbocycles. The fourth-order valence-corrected chi connectivity index (χ4v) is 4.81. The van der Waals surface area contributed by atoms with E-state index >= 15 is 0 Å². The van der Waals surface area contributed by atoms with Crippen molar-refractivity contribution in [2.75, 3.05) is 39.4 Å². The lowest BCUT2D eigenvalue weighted by atomic mass is 10.0. The van der Waals surface area contributed by atoms with Gasteiger partial charge >= 0.3 is 0 Å². The number of amides is 1. The summed E-state index contributed by atoms with van der Waals surface area (Å²) >= 11 is 0. The van der Waals surface area contributed by atoms with Crippen molar-refractivity contribution in [3.8, 4) is 0 Å². The van der Waals surface area contributed by atoms with Crippen LogP contribution in [0.15, 0.2) is 40.5 Å². The molecule has 0 aromatic carbocycles. The summed E-state index contributed by atoms with van der Waals surface area (Å²) in [7, 11) is 0. The van der Waals surface area contributed by atoms with Crippen LogP contribution in [-0.4, -0.2) is 75.4 Å². The number of hydrogen-bond acceptors (Lipinski definition) is 7. The van der Waals surface area contributed by atoms with Crippen molar-refractivity contribution in [3.63, 3.8) is 0 Å². The Morgan fingerprint density at radius 3 is 2.59 bits per heavy atom. The number of Topliss-reactive ketones (excluding diaryl/α,β-unsaturated/α-hetero) is 1. The number of hydrogen-bond donors (Lipinski definition) is 1. The quantitative estimate of drug-likeness (QED) is 0.352. The minimum atomic E-state index is -0.815. The first-order valence-corrected chi connectivity index (χ1v) is 11.5. The van der Waals surface area contributed by atoms with Gasteiger partial charge in [0, 0.05) is 32.4 Å². The summed E-state index contributed by atoms with van der Waals surface area (Å²) in [6.45, 7) is 9.28. The number of imidazole rings is 1. The molecule has 0 bridgehead atoms. The molecule has 5 heterocycles. The van der Waals surface area contributed by atoms with Crippen LogP contribution in [0.2, 0.25) is 0 Å². The fraction of sp³-hybridized carbons (Fsp3) is 0.400. The Hall–Kier alpha value is -3.43. The second-order valence-corrected chi connectivity index (χ2v) is 8.83. The SMILES string of the molecule is Cc1ccc([C@H]2C(=C(O)c3c(C)nc4c(C)cccn34)C(=O)C(=O)N2CCN2CCOCC2)o1. The number of carbonyl (C=O) groups excluding carboxylic acids is 2. The number of rotatable bonds is 5. The molecule has 2 fully saturated rings. The maximum absolute atomic E-state index is 13.3. The smallest absolute Gasteiger partial charge is 0.295 e. The maximum Gasteiger partial charge on any atom is 0.295 e. The van der Waals surface area contributed by atoms with Crippen LogP contribution in [0, 0.1) is 20.8 Å². The third-order valence-corrected chi connectivity index (χ3v) is 6.58. The highest BCUT2D eigenvalue weighted by molar-refractivity contribution is 6.46. The lowest BCUT2D eigenvalue weighted by Crippen LogP contribution is -2.42. The Morgan fingerprint density at radius 2 is 1.88 bits per heavy atom. The van der Waals surface area contributed by atoms with E-state index in [0.717, 1.165) is 18.7 Å². The Labute approximate surface area is 197 Å². The van der Waals surface area contributed by atoms with Gasteiger partial charge in [-0.1, -0.05) is 6.07 Å². The maximum atomic E-state index is 13.3. The zero-order valence-electron chi connectivity index (χ0n) is 19.6. The zero-order valence-corrected chi connectivity index (χ0v) is 19.6. The first kappa shape index (κ1) is 22.4. The van der Waals surface area contributed by atoms with Crippen molar-refractivity contribution in [1.82, 2.24) is 19.2 Å². The van der Waals surface area contributed by atoms with Gasteiger partial charge in [-0.05, 0) is 44.5 Å². The van der Waals surface area contributed by atoms with Gasteiger partial charge in [-0.3, -0.25) is 18.9 Å². The topological polar surface area (TPSA) is 101 Å². The number of nitrogens with zero attached hydrogens (tertiary/aromatic N) is 4.